The standard InChI is InChI=1S/C19H21N3O4/c1-25-17-7-3-2-6-15(17)19(24)22-10-4-5-14(12-22)26-13-8-9-21-16(11-13)18(20)23/h2-3,6-9,11,14H,4-5,10,12H2,1H3,(H2,20,23). The van der Waals surface area contributed by atoms with Gasteiger partial charge in [-0.05, 0) is 31.0 Å². The lowest BCUT2D eigenvalue weighted by Gasteiger charge is -2.33. The number of benzene rings is 1. The molecule has 1 aromatic heterocycles. The van der Waals surface area contributed by atoms with Crippen LogP contribution in [0.25, 0.3) is 0 Å². The van der Waals surface area contributed by atoms with Gasteiger partial charge in [0.2, 0.25) is 0 Å². The van der Waals surface area contributed by atoms with Crippen molar-refractivity contribution in [2.24, 2.45) is 5.73 Å². The van der Waals surface area contributed by atoms with Crippen LogP contribution in [0.1, 0.15) is 33.7 Å². The van der Waals surface area contributed by atoms with E-state index in [2.05, 4.69) is 4.98 Å². The summed E-state index contributed by atoms with van der Waals surface area (Å²) in [5.74, 6) is 0.390. The molecule has 0 bridgehead atoms. The van der Waals surface area contributed by atoms with Crippen LogP contribution in [0.15, 0.2) is 42.6 Å². The summed E-state index contributed by atoms with van der Waals surface area (Å²) in [6.45, 7) is 1.13. The molecule has 2 N–H and O–H groups in total. The minimum absolute atomic E-state index is 0.0803. The minimum Gasteiger partial charge on any atom is -0.496 e. The number of pyridine rings is 1. The summed E-state index contributed by atoms with van der Waals surface area (Å²) in [6, 6.07) is 10.4. The van der Waals surface area contributed by atoms with Gasteiger partial charge in [-0.3, -0.25) is 14.6 Å². The molecular weight excluding hydrogens is 334 g/mol. The number of para-hydroxylation sites is 1. The van der Waals surface area contributed by atoms with Crippen molar-refractivity contribution in [3.63, 3.8) is 0 Å². The molecule has 1 aliphatic rings. The van der Waals surface area contributed by atoms with E-state index < -0.39 is 5.91 Å². The maximum atomic E-state index is 12.8. The summed E-state index contributed by atoms with van der Waals surface area (Å²) in [7, 11) is 1.55. The normalized spacial score (nSPS) is 16.8. The summed E-state index contributed by atoms with van der Waals surface area (Å²) in [5, 5.41) is 0. The van der Waals surface area contributed by atoms with Gasteiger partial charge >= 0.3 is 0 Å². The van der Waals surface area contributed by atoms with Crippen molar-refractivity contribution in [1.82, 2.24) is 9.88 Å². The van der Waals surface area contributed by atoms with Crippen molar-refractivity contribution in [1.29, 1.82) is 0 Å². The Morgan fingerprint density at radius 1 is 1.27 bits per heavy atom. The Bertz CT molecular complexity index is 809. The molecule has 0 aliphatic carbocycles. The number of nitrogens with zero attached hydrogens (tertiary/aromatic N) is 2. The number of piperidine rings is 1. The van der Waals surface area contributed by atoms with E-state index in [1.54, 1.807) is 30.2 Å². The van der Waals surface area contributed by atoms with E-state index in [-0.39, 0.29) is 17.7 Å². The number of primary amides is 1. The maximum absolute atomic E-state index is 12.8. The smallest absolute Gasteiger partial charge is 0.267 e. The second kappa shape index (κ2) is 7.86. The van der Waals surface area contributed by atoms with E-state index in [1.807, 2.05) is 12.1 Å². The highest BCUT2D eigenvalue weighted by atomic mass is 16.5. The lowest BCUT2D eigenvalue weighted by atomic mass is 10.1. The number of aromatic nitrogens is 1. The van der Waals surface area contributed by atoms with Gasteiger partial charge in [-0.25, -0.2) is 0 Å². The fourth-order valence-electron chi connectivity index (χ4n) is 3.02. The van der Waals surface area contributed by atoms with Crippen molar-refractivity contribution in [2.75, 3.05) is 20.2 Å². The molecule has 2 aromatic rings. The highest BCUT2D eigenvalue weighted by molar-refractivity contribution is 5.97. The topological polar surface area (TPSA) is 94.8 Å². The van der Waals surface area contributed by atoms with E-state index >= 15 is 0 Å². The zero-order valence-corrected chi connectivity index (χ0v) is 14.6. The van der Waals surface area contributed by atoms with Crippen LogP contribution in [-0.4, -0.2) is 48.0 Å². The third kappa shape index (κ3) is 3.93. The van der Waals surface area contributed by atoms with Gasteiger partial charge in [0.1, 0.15) is 23.3 Å². The molecule has 26 heavy (non-hydrogen) atoms. The number of hydrogen-bond acceptors (Lipinski definition) is 5. The van der Waals surface area contributed by atoms with Gasteiger partial charge in [0.25, 0.3) is 11.8 Å². The molecule has 2 heterocycles. The Morgan fingerprint density at radius 3 is 2.85 bits per heavy atom. The molecule has 7 heteroatoms. The molecular formula is C19H21N3O4. The average molecular weight is 355 g/mol. The summed E-state index contributed by atoms with van der Waals surface area (Å²) in [5.41, 5.74) is 5.94. The number of rotatable bonds is 5. The number of methoxy groups -OCH3 is 1. The van der Waals surface area contributed by atoms with Crippen LogP contribution >= 0.6 is 0 Å². The highest BCUT2D eigenvalue weighted by Crippen LogP contribution is 2.23. The minimum atomic E-state index is -0.605. The zero-order valence-electron chi connectivity index (χ0n) is 14.6. The van der Waals surface area contributed by atoms with Crippen LogP contribution in [0.3, 0.4) is 0 Å². The molecule has 136 valence electrons. The van der Waals surface area contributed by atoms with Gasteiger partial charge in [-0.2, -0.15) is 0 Å². The van der Waals surface area contributed by atoms with Crippen LogP contribution in [0.2, 0.25) is 0 Å². The van der Waals surface area contributed by atoms with E-state index in [4.69, 9.17) is 15.2 Å². The SMILES string of the molecule is COc1ccccc1C(=O)N1CCCC(Oc2ccnc(C(N)=O)c2)C1. The van der Waals surface area contributed by atoms with E-state index in [9.17, 15) is 9.59 Å². The Kier molecular flexibility index (Phi) is 5.36. The molecule has 2 amide bonds. The molecule has 7 nitrogen and oxygen atoms in total. The molecule has 1 aromatic carbocycles. The van der Waals surface area contributed by atoms with Gasteiger partial charge in [0.05, 0.1) is 19.2 Å². The molecule has 1 saturated heterocycles. The van der Waals surface area contributed by atoms with E-state index in [0.717, 1.165) is 12.8 Å². The third-order valence-electron chi connectivity index (χ3n) is 4.29. The quantitative estimate of drug-likeness (QED) is 0.883. The van der Waals surface area contributed by atoms with Crippen LogP contribution in [-0.2, 0) is 0 Å². The maximum Gasteiger partial charge on any atom is 0.267 e. The molecule has 1 unspecified atom stereocenters. The third-order valence-corrected chi connectivity index (χ3v) is 4.29. The fourth-order valence-corrected chi connectivity index (χ4v) is 3.02. The van der Waals surface area contributed by atoms with Crippen LogP contribution in [0.4, 0.5) is 0 Å². The molecule has 3 rings (SSSR count). The second-order valence-corrected chi connectivity index (χ2v) is 6.07. The Morgan fingerprint density at radius 2 is 2.08 bits per heavy atom. The summed E-state index contributed by atoms with van der Waals surface area (Å²) < 4.78 is 11.2. The highest BCUT2D eigenvalue weighted by Gasteiger charge is 2.27. The van der Waals surface area contributed by atoms with E-state index in [0.29, 0.717) is 30.2 Å². The van der Waals surface area contributed by atoms with Gasteiger partial charge in [0, 0.05) is 18.8 Å². The number of carbonyl (C=O) groups excluding carboxylic acids is 2. The lowest BCUT2D eigenvalue weighted by molar-refractivity contribution is 0.0535. The predicted molar refractivity (Wildman–Crippen MR) is 95.3 cm³/mol. The molecule has 0 radical (unpaired) electrons. The van der Waals surface area contributed by atoms with Crippen LogP contribution in [0.5, 0.6) is 11.5 Å². The number of hydrogen-bond donors (Lipinski definition) is 1. The second-order valence-electron chi connectivity index (χ2n) is 6.07. The van der Waals surface area contributed by atoms with Crippen molar-refractivity contribution >= 4 is 11.8 Å². The van der Waals surface area contributed by atoms with E-state index in [1.165, 1.54) is 12.3 Å². The summed E-state index contributed by atoms with van der Waals surface area (Å²) in [6.07, 6.45) is 2.98. The lowest BCUT2D eigenvalue weighted by Crippen LogP contribution is -2.44. The number of nitrogens with two attached hydrogens (primary N) is 1. The van der Waals surface area contributed by atoms with Crippen molar-refractivity contribution < 1.29 is 19.1 Å². The Hall–Kier alpha value is -3.09. The first-order valence-electron chi connectivity index (χ1n) is 8.43. The monoisotopic (exact) mass is 355 g/mol. The largest absolute Gasteiger partial charge is 0.496 e. The number of carbonyl (C=O) groups is 2. The number of amides is 2. The van der Waals surface area contributed by atoms with Gasteiger partial charge in [-0.1, -0.05) is 12.1 Å². The average Bonchev–Trinajstić information content (AvgIpc) is 2.67. The van der Waals surface area contributed by atoms with Crippen LogP contribution < -0.4 is 15.2 Å². The zero-order chi connectivity index (χ0) is 18.5. The molecule has 1 aliphatic heterocycles. The number of ether oxygens (including phenoxy) is 2. The Labute approximate surface area is 151 Å². The van der Waals surface area contributed by atoms with Gasteiger partial charge in [0.15, 0.2) is 0 Å². The van der Waals surface area contributed by atoms with Crippen molar-refractivity contribution in [2.45, 2.75) is 18.9 Å². The summed E-state index contributed by atoms with van der Waals surface area (Å²) in [4.78, 5) is 29.8. The van der Waals surface area contributed by atoms with Crippen LogP contribution in [0, 0.1) is 0 Å². The molecule has 1 fully saturated rings. The molecule has 0 spiro atoms. The molecule has 1 atom stereocenters. The van der Waals surface area contributed by atoms with Gasteiger partial charge < -0.3 is 20.1 Å². The van der Waals surface area contributed by atoms with Crippen molar-refractivity contribution in [3.8, 4) is 11.5 Å². The predicted octanol–water partition coefficient (Wildman–Crippen LogP) is 1.87. The molecule has 0 saturated carbocycles. The first kappa shape index (κ1) is 17.7. The van der Waals surface area contributed by atoms with Gasteiger partial charge in [-0.15, -0.1) is 0 Å². The Balaban J connectivity index is 1.70. The van der Waals surface area contributed by atoms with Crippen molar-refractivity contribution in [3.05, 3.63) is 53.9 Å². The number of likely N-dealkylation sites (tertiary alicyclic amines) is 1. The first-order chi connectivity index (χ1) is 12.6. The first-order valence-corrected chi connectivity index (χ1v) is 8.43. The summed E-state index contributed by atoms with van der Waals surface area (Å²) >= 11 is 0. The fraction of sp³-hybridized carbons (Fsp3) is 0.316.